The van der Waals surface area contributed by atoms with Gasteiger partial charge >= 0.3 is 0 Å². The SMILES string of the molecule is CC(C)NC(=O)[C@H](Cc1ccccc1)n1cnnn1. The molecular weight excluding hydrogens is 242 g/mol. The number of nitrogens with one attached hydrogen (secondary N) is 1. The van der Waals surface area contributed by atoms with Crippen LogP contribution in [0.2, 0.25) is 0 Å². The van der Waals surface area contributed by atoms with Crippen LogP contribution in [-0.4, -0.2) is 32.2 Å². The van der Waals surface area contributed by atoms with Crippen molar-refractivity contribution in [1.82, 2.24) is 25.5 Å². The Morgan fingerprint density at radius 3 is 2.63 bits per heavy atom. The van der Waals surface area contributed by atoms with E-state index in [4.69, 9.17) is 0 Å². The average Bonchev–Trinajstić information content (AvgIpc) is 2.90. The Balaban J connectivity index is 2.18. The van der Waals surface area contributed by atoms with Crippen molar-refractivity contribution in [2.45, 2.75) is 32.4 Å². The fourth-order valence-electron chi connectivity index (χ4n) is 1.84. The molecule has 0 aliphatic carbocycles. The zero-order valence-electron chi connectivity index (χ0n) is 11.0. The molecule has 100 valence electrons. The maximum Gasteiger partial charge on any atom is 0.245 e. The molecule has 0 aliphatic heterocycles. The molecule has 2 rings (SSSR count). The van der Waals surface area contributed by atoms with E-state index in [1.54, 1.807) is 0 Å². The number of hydrogen-bond donors (Lipinski definition) is 1. The van der Waals surface area contributed by atoms with Crippen molar-refractivity contribution >= 4 is 5.91 Å². The van der Waals surface area contributed by atoms with E-state index in [-0.39, 0.29) is 11.9 Å². The van der Waals surface area contributed by atoms with Crippen LogP contribution < -0.4 is 5.32 Å². The first-order chi connectivity index (χ1) is 9.16. The lowest BCUT2D eigenvalue weighted by atomic mass is 10.1. The summed E-state index contributed by atoms with van der Waals surface area (Å²) in [5.41, 5.74) is 1.07. The van der Waals surface area contributed by atoms with Crippen molar-refractivity contribution < 1.29 is 4.79 Å². The van der Waals surface area contributed by atoms with Gasteiger partial charge in [-0.1, -0.05) is 30.3 Å². The third-order valence-corrected chi connectivity index (χ3v) is 2.69. The Labute approximate surface area is 111 Å². The van der Waals surface area contributed by atoms with Gasteiger partial charge in [0.1, 0.15) is 12.4 Å². The fraction of sp³-hybridized carbons (Fsp3) is 0.385. The normalized spacial score (nSPS) is 12.4. The second kappa shape index (κ2) is 6.08. The Morgan fingerprint density at radius 2 is 2.05 bits per heavy atom. The van der Waals surface area contributed by atoms with Crippen LogP contribution in [0.25, 0.3) is 0 Å². The highest BCUT2D eigenvalue weighted by atomic mass is 16.2. The third-order valence-electron chi connectivity index (χ3n) is 2.69. The number of hydrogen-bond acceptors (Lipinski definition) is 4. The molecule has 1 amide bonds. The molecule has 2 aromatic rings. The molecule has 0 unspecified atom stereocenters. The first kappa shape index (κ1) is 13.2. The Kier molecular flexibility index (Phi) is 4.22. The Hall–Kier alpha value is -2.24. The van der Waals surface area contributed by atoms with Crippen LogP contribution >= 0.6 is 0 Å². The molecule has 6 nitrogen and oxygen atoms in total. The summed E-state index contributed by atoms with van der Waals surface area (Å²) >= 11 is 0. The Morgan fingerprint density at radius 1 is 1.32 bits per heavy atom. The number of tetrazole rings is 1. The second-order valence-electron chi connectivity index (χ2n) is 4.66. The molecule has 1 aromatic carbocycles. The first-order valence-corrected chi connectivity index (χ1v) is 6.23. The average molecular weight is 259 g/mol. The lowest BCUT2D eigenvalue weighted by molar-refractivity contribution is -0.125. The monoisotopic (exact) mass is 259 g/mol. The van der Waals surface area contributed by atoms with E-state index in [9.17, 15) is 4.79 Å². The highest BCUT2D eigenvalue weighted by Crippen LogP contribution is 2.13. The van der Waals surface area contributed by atoms with Crippen LogP contribution in [0.15, 0.2) is 36.7 Å². The molecule has 1 heterocycles. The minimum absolute atomic E-state index is 0.0776. The maximum absolute atomic E-state index is 12.2. The molecule has 1 atom stereocenters. The van der Waals surface area contributed by atoms with E-state index < -0.39 is 6.04 Å². The molecule has 0 aliphatic rings. The first-order valence-electron chi connectivity index (χ1n) is 6.23. The molecular formula is C13H17N5O. The molecule has 0 spiro atoms. The molecule has 1 aromatic heterocycles. The molecule has 6 heteroatoms. The van der Waals surface area contributed by atoms with Gasteiger partial charge < -0.3 is 5.32 Å². The zero-order valence-corrected chi connectivity index (χ0v) is 11.0. The number of nitrogens with zero attached hydrogens (tertiary/aromatic N) is 4. The third kappa shape index (κ3) is 3.61. The van der Waals surface area contributed by atoms with Crippen molar-refractivity contribution in [3.8, 4) is 0 Å². The summed E-state index contributed by atoms with van der Waals surface area (Å²) in [4.78, 5) is 12.2. The molecule has 0 fully saturated rings. The molecule has 1 N–H and O–H groups in total. The minimum Gasteiger partial charge on any atom is -0.352 e. The van der Waals surface area contributed by atoms with E-state index in [0.29, 0.717) is 6.42 Å². The largest absolute Gasteiger partial charge is 0.352 e. The minimum atomic E-state index is -0.431. The zero-order chi connectivity index (χ0) is 13.7. The number of amides is 1. The lowest BCUT2D eigenvalue weighted by Gasteiger charge is -2.18. The van der Waals surface area contributed by atoms with Crippen molar-refractivity contribution in [2.24, 2.45) is 0 Å². The van der Waals surface area contributed by atoms with Gasteiger partial charge in [0.15, 0.2) is 0 Å². The van der Waals surface area contributed by atoms with Crippen LogP contribution in [0.3, 0.4) is 0 Å². The number of benzene rings is 1. The Bertz CT molecular complexity index is 509. The van der Waals surface area contributed by atoms with Crippen molar-refractivity contribution in [3.05, 3.63) is 42.2 Å². The van der Waals surface area contributed by atoms with Gasteiger partial charge in [0.05, 0.1) is 0 Å². The van der Waals surface area contributed by atoms with Gasteiger partial charge in [-0.15, -0.1) is 5.10 Å². The van der Waals surface area contributed by atoms with E-state index in [0.717, 1.165) is 5.56 Å². The van der Waals surface area contributed by atoms with E-state index in [2.05, 4.69) is 20.8 Å². The predicted octanol–water partition coefficient (Wildman–Crippen LogP) is 0.981. The van der Waals surface area contributed by atoms with E-state index >= 15 is 0 Å². The van der Waals surface area contributed by atoms with Gasteiger partial charge in [-0.2, -0.15) is 0 Å². The van der Waals surface area contributed by atoms with Crippen molar-refractivity contribution in [1.29, 1.82) is 0 Å². The van der Waals surface area contributed by atoms with E-state index in [1.807, 2.05) is 44.2 Å². The van der Waals surface area contributed by atoms with Crippen LogP contribution in [-0.2, 0) is 11.2 Å². The van der Waals surface area contributed by atoms with Gasteiger partial charge in [-0.25, -0.2) is 4.68 Å². The molecule has 0 radical (unpaired) electrons. The van der Waals surface area contributed by atoms with Gasteiger partial charge in [0.25, 0.3) is 0 Å². The van der Waals surface area contributed by atoms with Gasteiger partial charge in [-0.3, -0.25) is 4.79 Å². The van der Waals surface area contributed by atoms with Crippen molar-refractivity contribution in [3.63, 3.8) is 0 Å². The molecule has 0 saturated carbocycles. The van der Waals surface area contributed by atoms with E-state index in [1.165, 1.54) is 11.0 Å². The molecule has 0 bridgehead atoms. The smallest absolute Gasteiger partial charge is 0.245 e. The van der Waals surface area contributed by atoms with Gasteiger partial charge in [0.2, 0.25) is 5.91 Å². The topological polar surface area (TPSA) is 72.7 Å². The standard InChI is InChI=1S/C13H17N5O/c1-10(2)15-13(19)12(18-9-14-16-17-18)8-11-6-4-3-5-7-11/h3-7,9-10,12H,8H2,1-2H3,(H,15,19)/t12-/m0/s1. The maximum atomic E-state index is 12.2. The van der Waals surface area contributed by atoms with Crippen LogP contribution in [0.4, 0.5) is 0 Å². The summed E-state index contributed by atoms with van der Waals surface area (Å²) < 4.78 is 1.49. The summed E-state index contributed by atoms with van der Waals surface area (Å²) in [6.07, 6.45) is 2.03. The summed E-state index contributed by atoms with van der Waals surface area (Å²) in [5.74, 6) is -0.0776. The highest BCUT2D eigenvalue weighted by molar-refractivity contribution is 5.80. The molecule has 19 heavy (non-hydrogen) atoms. The fourth-order valence-corrected chi connectivity index (χ4v) is 1.84. The second-order valence-corrected chi connectivity index (χ2v) is 4.66. The summed E-state index contributed by atoms with van der Waals surface area (Å²) in [7, 11) is 0. The van der Waals surface area contributed by atoms with Gasteiger partial charge in [-0.05, 0) is 29.8 Å². The number of carbonyl (C=O) groups is 1. The molecule has 0 saturated heterocycles. The lowest BCUT2D eigenvalue weighted by Crippen LogP contribution is -2.38. The van der Waals surface area contributed by atoms with Crippen LogP contribution in [0, 0.1) is 0 Å². The summed E-state index contributed by atoms with van der Waals surface area (Å²) in [6, 6.07) is 9.48. The predicted molar refractivity (Wildman–Crippen MR) is 70.3 cm³/mol. The quantitative estimate of drug-likeness (QED) is 0.868. The van der Waals surface area contributed by atoms with Crippen LogP contribution in [0.5, 0.6) is 0 Å². The highest BCUT2D eigenvalue weighted by Gasteiger charge is 2.22. The summed E-state index contributed by atoms with van der Waals surface area (Å²) in [5, 5.41) is 13.9. The number of aromatic nitrogens is 4. The number of carbonyl (C=O) groups excluding carboxylic acids is 1. The van der Waals surface area contributed by atoms with Crippen molar-refractivity contribution in [2.75, 3.05) is 0 Å². The van der Waals surface area contributed by atoms with Gasteiger partial charge in [0, 0.05) is 12.5 Å². The van der Waals surface area contributed by atoms with Crippen LogP contribution in [0.1, 0.15) is 25.5 Å². The number of rotatable bonds is 5. The summed E-state index contributed by atoms with van der Waals surface area (Å²) in [6.45, 7) is 3.86.